The number of carbonyl (C=O) groups excluding carboxylic acids is 1. The first-order valence-corrected chi connectivity index (χ1v) is 11.0. The minimum Gasteiger partial charge on any atom is -0.368 e. The summed E-state index contributed by atoms with van der Waals surface area (Å²) in [5.41, 5.74) is 3.24. The minimum absolute atomic E-state index is 0.158. The van der Waals surface area contributed by atoms with E-state index in [9.17, 15) is 4.79 Å². The molecule has 1 aliphatic rings. The third-order valence-electron chi connectivity index (χ3n) is 4.68. The number of carbonyl (C=O) groups is 1. The molecule has 0 aromatic heterocycles. The molecule has 0 unspecified atom stereocenters. The zero-order chi connectivity index (χ0) is 19.4. The fraction of sp³-hybridized carbons (Fsp3) is 0.350. The number of hydrogen-bond acceptors (Lipinski definition) is 3. The van der Waals surface area contributed by atoms with Gasteiger partial charge in [0.2, 0.25) is 5.91 Å². The molecule has 0 bridgehead atoms. The van der Waals surface area contributed by atoms with Crippen molar-refractivity contribution in [3.05, 3.63) is 62.6 Å². The molecule has 1 aliphatic heterocycles. The van der Waals surface area contributed by atoms with Crippen LogP contribution in [0.1, 0.15) is 11.1 Å². The molecule has 1 heterocycles. The van der Waals surface area contributed by atoms with Crippen LogP contribution in [0.15, 0.2) is 36.4 Å². The zero-order valence-electron chi connectivity index (χ0n) is 15.1. The van der Waals surface area contributed by atoms with E-state index in [1.54, 1.807) is 11.8 Å². The van der Waals surface area contributed by atoms with Crippen LogP contribution in [-0.4, -0.2) is 42.7 Å². The molecule has 1 saturated heterocycles. The van der Waals surface area contributed by atoms with Gasteiger partial charge in [-0.2, -0.15) is 0 Å². The fourth-order valence-electron chi connectivity index (χ4n) is 3.12. The van der Waals surface area contributed by atoms with Gasteiger partial charge in [0.1, 0.15) is 0 Å². The van der Waals surface area contributed by atoms with Crippen LogP contribution in [0.4, 0.5) is 5.69 Å². The Morgan fingerprint density at radius 2 is 1.70 bits per heavy atom. The molecule has 1 fully saturated rings. The summed E-state index contributed by atoms with van der Waals surface area (Å²) in [7, 11) is 0. The summed E-state index contributed by atoms with van der Waals surface area (Å²) in [6.07, 6.45) is 0. The molecule has 0 saturated carbocycles. The summed E-state index contributed by atoms with van der Waals surface area (Å²) in [4.78, 5) is 16.7. The second kappa shape index (κ2) is 9.42. The molecule has 0 atom stereocenters. The quantitative estimate of drug-likeness (QED) is 0.606. The molecular formula is C20H21Cl3N2OS. The molecule has 1 amide bonds. The Morgan fingerprint density at radius 1 is 1.04 bits per heavy atom. The maximum atomic E-state index is 12.5. The number of amides is 1. The van der Waals surface area contributed by atoms with Crippen molar-refractivity contribution in [2.24, 2.45) is 0 Å². The van der Waals surface area contributed by atoms with Gasteiger partial charge in [-0.05, 0) is 42.3 Å². The largest absolute Gasteiger partial charge is 0.368 e. The van der Waals surface area contributed by atoms with E-state index in [0.717, 1.165) is 42.5 Å². The lowest BCUT2D eigenvalue weighted by atomic mass is 10.1. The lowest BCUT2D eigenvalue weighted by Gasteiger charge is -2.37. The molecule has 0 radical (unpaired) electrons. The second-order valence-corrected chi connectivity index (χ2v) is 8.73. The van der Waals surface area contributed by atoms with Crippen molar-refractivity contribution >= 4 is 58.2 Å². The normalized spacial score (nSPS) is 14.5. The smallest absolute Gasteiger partial charge is 0.232 e. The second-order valence-electron chi connectivity index (χ2n) is 6.49. The highest BCUT2D eigenvalue weighted by Crippen LogP contribution is 2.29. The van der Waals surface area contributed by atoms with Crippen LogP contribution in [0.2, 0.25) is 15.1 Å². The molecule has 2 aromatic rings. The maximum absolute atomic E-state index is 12.5. The topological polar surface area (TPSA) is 23.6 Å². The van der Waals surface area contributed by atoms with E-state index >= 15 is 0 Å². The Hall–Kier alpha value is -1.07. The summed E-state index contributed by atoms with van der Waals surface area (Å²) in [6, 6.07) is 11.4. The Morgan fingerprint density at radius 3 is 2.37 bits per heavy atom. The van der Waals surface area contributed by atoms with Crippen LogP contribution in [-0.2, 0) is 10.5 Å². The number of thioether (sulfide) groups is 1. The van der Waals surface area contributed by atoms with Crippen molar-refractivity contribution in [3.8, 4) is 0 Å². The lowest BCUT2D eigenvalue weighted by Crippen LogP contribution is -2.49. The summed E-state index contributed by atoms with van der Waals surface area (Å²) in [5.74, 6) is 1.22. The molecule has 2 aromatic carbocycles. The summed E-state index contributed by atoms with van der Waals surface area (Å²) in [6.45, 7) is 5.15. The van der Waals surface area contributed by atoms with Gasteiger partial charge in [-0.25, -0.2) is 0 Å². The Balaban J connectivity index is 1.49. The summed E-state index contributed by atoms with van der Waals surface area (Å²) < 4.78 is 0. The molecule has 0 N–H and O–H groups in total. The molecule has 0 aliphatic carbocycles. The van der Waals surface area contributed by atoms with E-state index in [-0.39, 0.29) is 5.91 Å². The number of anilines is 1. The van der Waals surface area contributed by atoms with Crippen LogP contribution < -0.4 is 4.90 Å². The Kier molecular flexibility index (Phi) is 7.21. The maximum Gasteiger partial charge on any atom is 0.232 e. The first-order chi connectivity index (χ1) is 13.0. The SMILES string of the molecule is Cc1ccc(Cl)cc1N1CCN(C(=O)CSCc2c(Cl)cccc2Cl)CC1. The number of rotatable bonds is 5. The highest BCUT2D eigenvalue weighted by molar-refractivity contribution is 7.99. The van der Waals surface area contributed by atoms with Crippen molar-refractivity contribution in [1.29, 1.82) is 0 Å². The molecule has 7 heteroatoms. The van der Waals surface area contributed by atoms with Gasteiger partial charge in [-0.1, -0.05) is 46.9 Å². The van der Waals surface area contributed by atoms with Gasteiger partial charge in [0.25, 0.3) is 0 Å². The summed E-state index contributed by atoms with van der Waals surface area (Å²) >= 11 is 20.0. The molecular weight excluding hydrogens is 423 g/mol. The van der Waals surface area contributed by atoms with E-state index in [2.05, 4.69) is 11.8 Å². The van der Waals surface area contributed by atoms with Gasteiger partial charge >= 0.3 is 0 Å². The average molecular weight is 444 g/mol. The van der Waals surface area contributed by atoms with Crippen LogP contribution in [0.3, 0.4) is 0 Å². The van der Waals surface area contributed by atoms with Gasteiger partial charge < -0.3 is 9.80 Å². The predicted octanol–water partition coefficient (Wildman–Crippen LogP) is 5.54. The van der Waals surface area contributed by atoms with Crippen molar-refractivity contribution in [2.45, 2.75) is 12.7 Å². The highest BCUT2D eigenvalue weighted by Gasteiger charge is 2.22. The highest BCUT2D eigenvalue weighted by atomic mass is 35.5. The third-order valence-corrected chi connectivity index (χ3v) is 6.57. The first-order valence-electron chi connectivity index (χ1n) is 8.75. The van der Waals surface area contributed by atoms with E-state index in [0.29, 0.717) is 21.6 Å². The Bertz CT molecular complexity index is 803. The first kappa shape index (κ1) is 20.7. The molecule has 144 valence electrons. The standard InChI is InChI=1S/C20H21Cl3N2OS/c1-14-5-6-15(21)11-19(14)24-7-9-25(10-8-24)20(26)13-27-12-16-17(22)3-2-4-18(16)23/h2-6,11H,7-10,12-13H2,1H3. The van der Waals surface area contributed by atoms with E-state index < -0.39 is 0 Å². The van der Waals surface area contributed by atoms with Crippen LogP contribution in [0, 0.1) is 6.92 Å². The van der Waals surface area contributed by atoms with Gasteiger partial charge in [-0.15, -0.1) is 11.8 Å². The van der Waals surface area contributed by atoms with Crippen molar-refractivity contribution in [3.63, 3.8) is 0 Å². The fourth-order valence-corrected chi connectivity index (χ4v) is 4.95. The van der Waals surface area contributed by atoms with Crippen LogP contribution in [0.25, 0.3) is 0 Å². The predicted molar refractivity (Wildman–Crippen MR) is 118 cm³/mol. The van der Waals surface area contributed by atoms with Crippen molar-refractivity contribution in [1.82, 2.24) is 4.90 Å². The van der Waals surface area contributed by atoms with Crippen molar-refractivity contribution in [2.75, 3.05) is 36.8 Å². The molecule has 27 heavy (non-hydrogen) atoms. The van der Waals surface area contributed by atoms with E-state index in [1.807, 2.05) is 41.3 Å². The number of piperazine rings is 1. The van der Waals surface area contributed by atoms with Gasteiger partial charge in [-0.3, -0.25) is 4.79 Å². The van der Waals surface area contributed by atoms with Gasteiger partial charge in [0.05, 0.1) is 5.75 Å². The van der Waals surface area contributed by atoms with Crippen molar-refractivity contribution < 1.29 is 4.79 Å². The minimum atomic E-state index is 0.158. The van der Waals surface area contributed by atoms with E-state index in [4.69, 9.17) is 34.8 Å². The number of nitrogens with zero attached hydrogens (tertiary/aromatic N) is 2. The van der Waals surface area contributed by atoms with Crippen LogP contribution in [0.5, 0.6) is 0 Å². The molecule has 3 rings (SSSR count). The average Bonchev–Trinajstić information content (AvgIpc) is 2.66. The van der Waals surface area contributed by atoms with Crippen LogP contribution >= 0.6 is 46.6 Å². The summed E-state index contributed by atoms with van der Waals surface area (Å²) in [5, 5.41) is 2.03. The number of hydrogen-bond donors (Lipinski definition) is 0. The molecule has 0 spiro atoms. The lowest BCUT2D eigenvalue weighted by molar-refractivity contribution is -0.128. The number of halogens is 3. The zero-order valence-corrected chi connectivity index (χ0v) is 18.1. The number of benzene rings is 2. The van der Waals surface area contributed by atoms with Gasteiger partial charge in [0, 0.05) is 52.7 Å². The monoisotopic (exact) mass is 442 g/mol. The van der Waals surface area contributed by atoms with Gasteiger partial charge in [0.15, 0.2) is 0 Å². The van der Waals surface area contributed by atoms with E-state index in [1.165, 1.54) is 5.56 Å². The number of aryl methyl sites for hydroxylation is 1. The third kappa shape index (κ3) is 5.26. The molecule has 3 nitrogen and oxygen atoms in total. The Labute approximate surface area is 179 Å².